The van der Waals surface area contributed by atoms with Gasteiger partial charge in [-0.05, 0) is 26.1 Å². The van der Waals surface area contributed by atoms with Crippen LogP contribution in [0.5, 0.6) is 0 Å². The minimum Gasteiger partial charge on any atom is -0.450 e. The van der Waals surface area contributed by atoms with Crippen molar-refractivity contribution in [3.05, 3.63) is 43.2 Å². The Balaban J connectivity index is 0.00000274. The van der Waals surface area contributed by atoms with Gasteiger partial charge in [-0.2, -0.15) is 0 Å². The Hall–Kier alpha value is -3.99. The molecule has 5 rings (SSSR count). The zero-order valence-electron chi connectivity index (χ0n) is 18.5. The van der Waals surface area contributed by atoms with Crippen LogP contribution in [-0.2, 0) is 4.74 Å². The number of piperazine rings is 1. The standard InChI is InChI=1S/C22H25N9O2.CH4/c1-3-33-22(32)28-21-26-18-11-15(31-5-4-23-14-31)10-16(20(18)27-21)17-12-19(25-13-24-17)30-8-6-29(2)7-9-30;/h4-5,10-14H,3,6-9H2,1-2H3,(H2,26,27,28,32);1H4. The molecular weight excluding hydrogens is 434 g/mol. The minimum absolute atomic E-state index is 0. The van der Waals surface area contributed by atoms with Gasteiger partial charge >= 0.3 is 6.09 Å². The lowest BCUT2D eigenvalue weighted by Crippen LogP contribution is -2.44. The van der Waals surface area contributed by atoms with Gasteiger partial charge in [-0.25, -0.2) is 24.7 Å². The molecule has 3 aromatic heterocycles. The first kappa shape index (κ1) is 23.2. The van der Waals surface area contributed by atoms with Crippen LogP contribution in [0.3, 0.4) is 0 Å². The van der Waals surface area contributed by atoms with Crippen molar-refractivity contribution in [3.63, 3.8) is 0 Å². The van der Waals surface area contributed by atoms with Crippen molar-refractivity contribution < 1.29 is 9.53 Å². The summed E-state index contributed by atoms with van der Waals surface area (Å²) in [5.41, 5.74) is 3.90. The fourth-order valence-electron chi connectivity index (χ4n) is 3.88. The second-order valence-electron chi connectivity index (χ2n) is 7.84. The molecule has 1 aliphatic heterocycles. The van der Waals surface area contributed by atoms with Crippen molar-refractivity contribution in [1.82, 2.24) is 34.4 Å². The fraction of sp³-hybridized carbons (Fsp3) is 0.348. The highest BCUT2D eigenvalue weighted by Crippen LogP contribution is 2.31. The minimum atomic E-state index is -0.563. The van der Waals surface area contributed by atoms with E-state index in [1.54, 1.807) is 25.8 Å². The number of carbonyl (C=O) groups excluding carboxylic acids is 1. The Kier molecular flexibility index (Phi) is 6.73. The number of hydrogen-bond acceptors (Lipinski definition) is 8. The van der Waals surface area contributed by atoms with Gasteiger partial charge in [-0.3, -0.25) is 5.32 Å². The number of nitrogens with one attached hydrogen (secondary N) is 2. The van der Waals surface area contributed by atoms with Crippen LogP contribution >= 0.6 is 0 Å². The SMILES string of the molecule is C.CCOC(=O)Nc1nc2c(-c3cc(N4CCN(C)CC4)ncn3)cc(-n3ccnc3)cc2[nH]1. The number of benzene rings is 1. The Morgan fingerprint density at radius 2 is 2.00 bits per heavy atom. The van der Waals surface area contributed by atoms with Gasteiger partial charge in [0.25, 0.3) is 0 Å². The summed E-state index contributed by atoms with van der Waals surface area (Å²) in [6, 6.07) is 5.95. The summed E-state index contributed by atoms with van der Waals surface area (Å²) >= 11 is 0. The smallest absolute Gasteiger partial charge is 0.413 e. The summed E-state index contributed by atoms with van der Waals surface area (Å²) in [6.45, 7) is 5.82. The fourth-order valence-corrected chi connectivity index (χ4v) is 3.88. The van der Waals surface area contributed by atoms with Crippen LogP contribution in [0.1, 0.15) is 14.4 Å². The van der Waals surface area contributed by atoms with E-state index in [2.05, 4.69) is 47.1 Å². The van der Waals surface area contributed by atoms with E-state index in [1.165, 1.54) is 0 Å². The highest BCUT2D eigenvalue weighted by molar-refractivity contribution is 5.96. The van der Waals surface area contributed by atoms with E-state index in [9.17, 15) is 4.79 Å². The van der Waals surface area contributed by atoms with E-state index in [4.69, 9.17) is 4.74 Å². The van der Waals surface area contributed by atoms with Crippen LogP contribution in [0.4, 0.5) is 16.6 Å². The normalized spacial score (nSPS) is 14.1. The number of ether oxygens (including phenoxy) is 1. The second-order valence-corrected chi connectivity index (χ2v) is 7.84. The van der Waals surface area contributed by atoms with Gasteiger partial charge in [-0.15, -0.1) is 0 Å². The number of aromatic amines is 1. The molecule has 4 aromatic rings. The largest absolute Gasteiger partial charge is 0.450 e. The molecule has 178 valence electrons. The molecule has 11 nitrogen and oxygen atoms in total. The molecule has 0 aliphatic carbocycles. The number of hydrogen-bond donors (Lipinski definition) is 2. The number of H-pyrrole nitrogens is 1. The third-order valence-electron chi connectivity index (χ3n) is 5.63. The lowest BCUT2D eigenvalue weighted by atomic mass is 10.1. The zero-order chi connectivity index (χ0) is 22.8. The number of rotatable bonds is 5. The van der Waals surface area contributed by atoms with Crippen molar-refractivity contribution >= 4 is 28.9 Å². The predicted octanol–water partition coefficient (Wildman–Crippen LogP) is 3.16. The van der Waals surface area contributed by atoms with Crippen LogP contribution in [0.25, 0.3) is 28.0 Å². The van der Waals surface area contributed by atoms with E-state index in [1.807, 2.05) is 29.0 Å². The van der Waals surface area contributed by atoms with E-state index in [-0.39, 0.29) is 14.0 Å². The number of anilines is 2. The summed E-state index contributed by atoms with van der Waals surface area (Å²) in [5.74, 6) is 1.19. The molecule has 0 radical (unpaired) electrons. The van der Waals surface area contributed by atoms with Gasteiger partial charge < -0.3 is 24.1 Å². The maximum absolute atomic E-state index is 11.9. The molecule has 11 heteroatoms. The third-order valence-corrected chi connectivity index (χ3v) is 5.63. The van der Waals surface area contributed by atoms with Crippen molar-refractivity contribution in [2.75, 3.05) is 50.1 Å². The topological polar surface area (TPSA) is 117 Å². The number of likely N-dealkylation sites (N-methyl/N-ethyl adjacent to an activating group) is 1. The molecule has 0 unspecified atom stereocenters. The van der Waals surface area contributed by atoms with Gasteiger partial charge in [0.15, 0.2) is 0 Å². The van der Waals surface area contributed by atoms with Crippen LogP contribution in [0.2, 0.25) is 0 Å². The van der Waals surface area contributed by atoms with Crippen LogP contribution < -0.4 is 10.2 Å². The van der Waals surface area contributed by atoms with E-state index >= 15 is 0 Å². The molecule has 0 bridgehead atoms. The first-order valence-corrected chi connectivity index (χ1v) is 10.8. The molecular formula is C23H29N9O2. The molecule has 1 fully saturated rings. The summed E-state index contributed by atoms with van der Waals surface area (Å²) < 4.78 is 6.89. The Bertz CT molecular complexity index is 1260. The molecule has 34 heavy (non-hydrogen) atoms. The second kappa shape index (κ2) is 9.87. The lowest BCUT2D eigenvalue weighted by molar-refractivity contribution is 0.167. The van der Waals surface area contributed by atoms with Gasteiger partial charge in [0.2, 0.25) is 5.95 Å². The molecule has 0 atom stereocenters. The molecule has 1 aromatic carbocycles. The van der Waals surface area contributed by atoms with Crippen LogP contribution in [0, 0.1) is 0 Å². The first-order valence-electron chi connectivity index (χ1n) is 10.8. The molecule has 4 heterocycles. The van der Waals surface area contributed by atoms with Crippen molar-refractivity contribution in [3.8, 4) is 16.9 Å². The summed E-state index contributed by atoms with van der Waals surface area (Å²) in [4.78, 5) is 37.5. The van der Waals surface area contributed by atoms with Crippen molar-refractivity contribution in [2.24, 2.45) is 0 Å². The highest BCUT2D eigenvalue weighted by atomic mass is 16.5. The average Bonchev–Trinajstić information content (AvgIpc) is 3.49. The molecule has 1 amide bonds. The van der Waals surface area contributed by atoms with Crippen molar-refractivity contribution in [1.29, 1.82) is 0 Å². The number of aromatic nitrogens is 6. The number of carbonyl (C=O) groups is 1. The average molecular weight is 464 g/mol. The maximum atomic E-state index is 11.9. The van der Waals surface area contributed by atoms with Gasteiger partial charge in [0, 0.05) is 55.9 Å². The van der Waals surface area contributed by atoms with Crippen LogP contribution in [0.15, 0.2) is 43.2 Å². The van der Waals surface area contributed by atoms with Gasteiger partial charge in [0.1, 0.15) is 17.7 Å². The molecule has 0 saturated carbocycles. The Labute approximate surface area is 197 Å². The summed E-state index contributed by atoms with van der Waals surface area (Å²) in [6.07, 6.45) is 6.35. The van der Waals surface area contributed by atoms with Gasteiger partial charge in [-0.1, -0.05) is 7.43 Å². The highest BCUT2D eigenvalue weighted by Gasteiger charge is 2.19. The molecule has 0 spiro atoms. The zero-order valence-corrected chi connectivity index (χ0v) is 18.5. The first-order chi connectivity index (χ1) is 16.1. The Morgan fingerprint density at radius 3 is 2.74 bits per heavy atom. The monoisotopic (exact) mass is 463 g/mol. The number of amides is 1. The van der Waals surface area contributed by atoms with E-state index < -0.39 is 6.09 Å². The van der Waals surface area contributed by atoms with E-state index in [0.29, 0.717) is 11.5 Å². The number of nitrogens with zero attached hydrogens (tertiary/aromatic N) is 7. The van der Waals surface area contributed by atoms with Crippen molar-refractivity contribution in [2.45, 2.75) is 14.4 Å². The summed E-state index contributed by atoms with van der Waals surface area (Å²) in [5, 5.41) is 2.64. The number of imidazole rings is 2. The molecule has 1 aliphatic rings. The predicted molar refractivity (Wildman–Crippen MR) is 131 cm³/mol. The lowest BCUT2D eigenvalue weighted by Gasteiger charge is -2.33. The third kappa shape index (κ3) is 4.69. The van der Waals surface area contributed by atoms with Gasteiger partial charge in [0.05, 0.1) is 24.1 Å². The number of fused-ring (bicyclic) bond motifs is 1. The van der Waals surface area contributed by atoms with Crippen LogP contribution in [-0.4, -0.2) is 80.3 Å². The molecule has 1 saturated heterocycles. The molecule has 2 N–H and O–H groups in total. The summed E-state index contributed by atoms with van der Waals surface area (Å²) in [7, 11) is 2.13. The maximum Gasteiger partial charge on any atom is 0.413 e. The van der Waals surface area contributed by atoms with E-state index in [0.717, 1.165) is 54.5 Å². The quantitative estimate of drug-likeness (QED) is 0.464. The Morgan fingerprint density at radius 1 is 1.18 bits per heavy atom.